The van der Waals surface area contributed by atoms with Crippen LogP contribution in [0.25, 0.3) is 0 Å². The monoisotopic (exact) mass is 341 g/mol. The molecule has 0 atom stereocenters. The average Bonchev–Trinajstić information content (AvgIpc) is 2.48. The number of rotatable bonds is 5. The second-order valence-electron chi connectivity index (χ2n) is 4.58. The first-order chi connectivity index (χ1) is 10.4. The van der Waals surface area contributed by atoms with Gasteiger partial charge in [0.05, 0.1) is 24.8 Å². The van der Waals surface area contributed by atoms with Crippen LogP contribution in [-0.2, 0) is 10.0 Å². The Labute approximate surface area is 134 Å². The number of benzene rings is 2. The van der Waals surface area contributed by atoms with Gasteiger partial charge in [0.15, 0.2) is 11.5 Å². The summed E-state index contributed by atoms with van der Waals surface area (Å²) in [5.74, 6) is 0.975. The number of ether oxygens (including phenoxy) is 2. The summed E-state index contributed by atoms with van der Waals surface area (Å²) < 4.78 is 37.7. The van der Waals surface area contributed by atoms with Crippen LogP contribution in [0.15, 0.2) is 41.3 Å². The molecule has 0 unspecified atom stereocenters. The molecule has 0 aliphatic heterocycles. The van der Waals surface area contributed by atoms with E-state index in [0.29, 0.717) is 27.8 Å². The zero-order valence-electron chi connectivity index (χ0n) is 12.4. The highest BCUT2D eigenvalue weighted by molar-refractivity contribution is 7.92. The molecule has 0 bridgehead atoms. The fourth-order valence-corrected chi connectivity index (χ4v) is 3.35. The second kappa shape index (κ2) is 6.46. The molecular weight excluding hydrogens is 326 g/mol. The lowest BCUT2D eigenvalue weighted by atomic mass is 10.2. The molecule has 118 valence electrons. The van der Waals surface area contributed by atoms with E-state index in [2.05, 4.69) is 4.72 Å². The first kappa shape index (κ1) is 16.5. The van der Waals surface area contributed by atoms with E-state index in [-0.39, 0.29) is 4.90 Å². The quantitative estimate of drug-likeness (QED) is 0.904. The molecule has 0 spiro atoms. The van der Waals surface area contributed by atoms with Crippen molar-refractivity contribution >= 4 is 27.3 Å². The lowest BCUT2D eigenvalue weighted by Crippen LogP contribution is -2.14. The first-order valence-corrected chi connectivity index (χ1v) is 8.24. The largest absolute Gasteiger partial charge is 0.493 e. The Morgan fingerprint density at radius 3 is 2.27 bits per heavy atom. The highest BCUT2D eigenvalue weighted by atomic mass is 35.5. The van der Waals surface area contributed by atoms with Gasteiger partial charge >= 0.3 is 0 Å². The van der Waals surface area contributed by atoms with E-state index in [9.17, 15) is 8.42 Å². The fraction of sp³-hybridized carbons (Fsp3) is 0.200. The molecule has 0 fully saturated rings. The van der Waals surface area contributed by atoms with Crippen molar-refractivity contribution in [2.24, 2.45) is 0 Å². The topological polar surface area (TPSA) is 64.6 Å². The molecule has 2 rings (SSSR count). The summed E-state index contributed by atoms with van der Waals surface area (Å²) in [5, 5.41) is 0.354. The number of anilines is 1. The summed E-state index contributed by atoms with van der Waals surface area (Å²) in [6, 6.07) is 9.34. The van der Waals surface area contributed by atoms with Gasteiger partial charge in [-0.3, -0.25) is 4.72 Å². The maximum Gasteiger partial charge on any atom is 0.261 e. The molecule has 22 heavy (non-hydrogen) atoms. The van der Waals surface area contributed by atoms with Gasteiger partial charge in [-0.25, -0.2) is 8.42 Å². The summed E-state index contributed by atoms with van der Waals surface area (Å²) in [5.41, 5.74) is 1.13. The number of hydrogen-bond donors (Lipinski definition) is 1. The van der Waals surface area contributed by atoms with E-state index in [1.54, 1.807) is 31.2 Å². The van der Waals surface area contributed by atoms with Crippen LogP contribution in [-0.4, -0.2) is 22.6 Å². The van der Waals surface area contributed by atoms with Crippen molar-refractivity contribution in [2.45, 2.75) is 11.8 Å². The molecule has 0 saturated heterocycles. The van der Waals surface area contributed by atoms with E-state index >= 15 is 0 Å². The van der Waals surface area contributed by atoms with Crippen LogP contribution in [0, 0.1) is 6.92 Å². The second-order valence-corrected chi connectivity index (χ2v) is 6.70. The summed E-state index contributed by atoms with van der Waals surface area (Å²) in [4.78, 5) is 0.0918. The van der Waals surface area contributed by atoms with Crippen LogP contribution in [0.1, 0.15) is 5.56 Å². The predicted molar refractivity (Wildman–Crippen MR) is 86.5 cm³/mol. The lowest BCUT2D eigenvalue weighted by Gasteiger charge is -2.14. The molecule has 0 aromatic heterocycles. The number of sulfonamides is 1. The third-order valence-corrected chi connectivity index (χ3v) is 4.68. The molecule has 7 heteroatoms. The SMILES string of the molecule is COc1cc(C)c(NS(=O)(=O)c2cccc(Cl)c2)cc1OC. The molecule has 0 heterocycles. The summed E-state index contributed by atoms with van der Waals surface area (Å²) in [7, 11) is -0.724. The standard InChI is InChI=1S/C15H16ClNO4S/c1-10-7-14(20-2)15(21-3)9-13(10)17-22(18,19)12-6-4-5-11(16)8-12/h4-9,17H,1-3H3. The van der Waals surface area contributed by atoms with Gasteiger partial charge in [0.25, 0.3) is 10.0 Å². The van der Waals surface area contributed by atoms with Gasteiger partial charge in [-0.1, -0.05) is 17.7 Å². The molecule has 2 aromatic rings. The fourth-order valence-electron chi connectivity index (χ4n) is 1.93. The van der Waals surface area contributed by atoms with Crippen LogP contribution in [0.2, 0.25) is 5.02 Å². The van der Waals surface area contributed by atoms with Crippen LogP contribution in [0.5, 0.6) is 11.5 Å². The predicted octanol–water partition coefficient (Wildman–Crippen LogP) is 3.47. The van der Waals surface area contributed by atoms with E-state index in [0.717, 1.165) is 0 Å². The van der Waals surface area contributed by atoms with Gasteiger partial charge in [0.1, 0.15) is 0 Å². The number of aryl methyl sites for hydroxylation is 1. The number of halogens is 1. The van der Waals surface area contributed by atoms with Crippen molar-refractivity contribution in [1.82, 2.24) is 0 Å². The van der Waals surface area contributed by atoms with E-state index in [1.165, 1.54) is 26.4 Å². The maximum absolute atomic E-state index is 12.4. The van der Waals surface area contributed by atoms with Crippen molar-refractivity contribution in [2.75, 3.05) is 18.9 Å². The summed E-state index contributed by atoms with van der Waals surface area (Å²) in [6.07, 6.45) is 0. The summed E-state index contributed by atoms with van der Waals surface area (Å²) >= 11 is 5.84. The van der Waals surface area contributed by atoms with Gasteiger partial charge in [0, 0.05) is 11.1 Å². The van der Waals surface area contributed by atoms with Gasteiger partial charge < -0.3 is 9.47 Å². The highest BCUT2D eigenvalue weighted by Crippen LogP contribution is 2.34. The minimum absolute atomic E-state index is 0.0918. The normalized spacial score (nSPS) is 11.1. The molecule has 0 amide bonds. The average molecular weight is 342 g/mol. The highest BCUT2D eigenvalue weighted by Gasteiger charge is 2.17. The number of methoxy groups -OCH3 is 2. The maximum atomic E-state index is 12.4. The van der Waals surface area contributed by atoms with E-state index in [1.807, 2.05) is 0 Å². The van der Waals surface area contributed by atoms with Crippen LogP contribution in [0.3, 0.4) is 0 Å². The molecule has 0 saturated carbocycles. The molecule has 0 radical (unpaired) electrons. The molecule has 5 nitrogen and oxygen atoms in total. The third-order valence-electron chi connectivity index (χ3n) is 3.08. The van der Waals surface area contributed by atoms with Crippen molar-refractivity contribution in [3.63, 3.8) is 0 Å². The number of nitrogens with one attached hydrogen (secondary N) is 1. The van der Waals surface area contributed by atoms with Crippen molar-refractivity contribution in [3.05, 3.63) is 47.0 Å². The Kier molecular flexibility index (Phi) is 4.83. The van der Waals surface area contributed by atoms with Gasteiger partial charge in [-0.15, -0.1) is 0 Å². The Morgan fingerprint density at radius 2 is 1.68 bits per heavy atom. The minimum Gasteiger partial charge on any atom is -0.493 e. The van der Waals surface area contributed by atoms with Crippen molar-refractivity contribution in [3.8, 4) is 11.5 Å². The van der Waals surface area contributed by atoms with Crippen molar-refractivity contribution in [1.29, 1.82) is 0 Å². The third kappa shape index (κ3) is 3.45. The van der Waals surface area contributed by atoms with Crippen LogP contribution >= 0.6 is 11.6 Å². The van der Waals surface area contributed by atoms with Crippen LogP contribution < -0.4 is 14.2 Å². The molecular formula is C15H16ClNO4S. The molecule has 2 aromatic carbocycles. The van der Waals surface area contributed by atoms with Gasteiger partial charge in [-0.2, -0.15) is 0 Å². The Balaban J connectivity index is 2.42. The molecule has 0 aliphatic carbocycles. The Hall–Kier alpha value is -1.92. The van der Waals surface area contributed by atoms with Crippen molar-refractivity contribution < 1.29 is 17.9 Å². The Bertz CT molecular complexity index is 790. The lowest BCUT2D eigenvalue weighted by molar-refractivity contribution is 0.355. The zero-order valence-corrected chi connectivity index (χ0v) is 14.0. The summed E-state index contributed by atoms with van der Waals surface area (Å²) in [6.45, 7) is 1.78. The number of hydrogen-bond acceptors (Lipinski definition) is 4. The molecule has 1 N–H and O–H groups in total. The Morgan fingerprint density at radius 1 is 1.05 bits per heavy atom. The smallest absolute Gasteiger partial charge is 0.261 e. The first-order valence-electron chi connectivity index (χ1n) is 6.38. The van der Waals surface area contributed by atoms with E-state index in [4.69, 9.17) is 21.1 Å². The van der Waals surface area contributed by atoms with Gasteiger partial charge in [0.2, 0.25) is 0 Å². The van der Waals surface area contributed by atoms with Gasteiger partial charge in [-0.05, 0) is 36.8 Å². The molecule has 0 aliphatic rings. The van der Waals surface area contributed by atoms with Crippen LogP contribution in [0.4, 0.5) is 5.69 Å². The minimum atomic E-state index is -3.73. The van der Waals surface area contributed by atoms with E-state index < -0.39 is 10.0 Å². The zero-order chi connectivity index (χ0) is 16.3.